The lowest BCUT2D eigenvalue weighted by Gasteiger charge is -2.49. The summed E-state index contributed by atoms with van der Waals surface area (Å²) in [5, 5.41) is 21.2. The van der Waals surface area contributed by atoms with Crippen LogP contribution in [0, 0.1) is 5.41 Å². The zero-order valence-corrected chi connectivity index (χ0v) is 13.0. The molecule has 1 saturated carbocycles. The summed E-state index contributed by atoms with van der Waals surface area (Å²) in [5.74, 6) is -0.431. The number of aliphatic hydroxyl groups excluding tert-OH is 1. The second-order valence-corrected chi connectivity index (χ2v) is 6.65. The molecule has 5 heteroatoms. The van der Waals surface area contributed by atoms with E-state index in [0.717, 1.165) is 0 Å². The van der Waals surface area contributed by atoms with Gasteiger partial charge in [0.05, 0.1) is 19.8 Å². The standard InChI is InChI=1S/C16H24O5/c1-11(7-13(18)20-4)5-6-16(19)14(2)8-12(17)9-15(16,3)21-10-14/h5-7,12,17,19H,8-10H2,1-4H3/b6-5+,11-7-/t12-,14-,15-,16+/m1/s1. The van der Waals surface area contributed by atoms with Crippen molar-refractivity contribution in [2.24, 2.45) is 5.41 Å². The Morgan fingerprint density at radius 3 is 2.62 bits per heavy atom. The molecule has 0 aromatic carbocycles. The van der Waals surface area contributed by atoms with Crippen LogP contribution in [0.5, 0.6) is 0 Å². The third kappa shape index (κ3) is 2.54. The van der Waals surface area contributed by atoms with Gasteiger partial charge in [0.2, 0.25) is 0 Å². The van der Waals surface area contributed by atoms with Crippen molar-refractivity contribution in [1.29, 1.82) is 0 Å². The monoisotopic (exact) mass is 296 g/mol. The number of allylic oxidation sites excluding steroid dienone is 2. The highest BCUT2D eigenvalue weighted by Crippen LogP contribution is 2.57. The Morgan fingerprint density at radius 2 is 2.05 bits per heavy atom. The third-order valence-electron chi connectivity index (χ3n) is 4.88. The van der Waals surface area contributed by atoms with E-state index in [1.807, 2.05) is 13.8 Å². The Bertz CT molecular complexity index is 475. The number of methoxy groups -OCH3 is 1. The molecule has 0 aromatic rings. The van der Waals surface area contributed by atoms with Gasteiger partial charge < -0.3 is 19.7 Å². The molecule has 0 aromatic heterocycles. The van der Waals surface area contributed by atoms with Crippen LogP contribution in [0.15, 0.2) is 23.8 Å². The predicted octanol–water partition coefficient (Wildman–Crippen LogP) is 1.34. The summed E-state index contributed by atoms with van der Waals surface area (Å²) in [6.45, 7) is 5.91. The molecule has 1 aliphatic carbocycles. The van der Waals surface area contributed by atoms with E-state index in [-0.39, 0.29) is 0 Å². The number of esters is 1. The van der Waals surface area contributed by atoms with Crippen molar-refractivity contribution in [2.45, 2.75) is 50.9 Å². The van der Waals surface area contributed by atoms with Crippen molar-refractivity contribution < 1.29 is 24.5 Å². The molecule has 0 unspecified atom stereocenters. The van der Waals surface area contributed by atoms with Crippen LogP contribution in [0.3, 0.4) is 0 Å². The minimum atomic E-state index is -1.18. The molecule has 0 amide bonds. The first-order chi connectivity index (χ1) is 9.66. The molecular formula is C16H24O5. The van der Waals surface area contributed by atoms with Gasteiger partial charge in [-0.25, -0.2) is 4.79 Å². The molecule has 118 valence electrons. The molecule has 1 heterocycles. The Labute approximate surface area is 125 Å². The highest BCUT2D eigenvalue weighted by molar-refractivity contribution is 5.83. The van der Waals surface area contributed by atoms with E-state index in [1.165, 1.54) is 13.2 Å². The zero-order valence-electron chi connectivity index (χ0n) is 13.0. The molecule has 2 aliphatic rings. The van der Waals surface area contributed by atoms with Crippen LogP contribution in [-0.4, -0.2) is 47.2 Å². The average molecular weight is 296 g/mol. The van der Waals surface area contributed by atoms with Gasteiger partial charge in [-0.2, -0.15) is 0 Å². The smallest absolute Gasteiger partial charge is 0.330 e. The normalized spacial score (nSPS) is 43.3. The number of carbonyl (C=O) groups is 1. The SMILES string of the molecule is COC(=O)/C=C(C)\C=C\[C@]1(O)[C@@]2(C)CO[C@]1(C)C[C@H](O)C2. The second kappa shape index (κ2) is 5.23. The maximum absolute atomic E-state index is 11.2. The van der Waals surface area contributed by atoms with E-state index in [9.17, 15) is 15.0 Å². The van der Waals surface area contributed by atoms with E-state index in [1.54, 1.807) is 19.1 Å². The highest BCUT2D eigenvalue weighted by Gasteiger charge is 2.67. The molecule has 4 atom stereocenters. The quantitative estimate of drug-likeness (QED) is 0.467. The van der Waals surface area contributed by atoms with Crippen LogP contribution in [0.1, 0.15) is 33.6 Å². The molecule has 0 radical (unpaired) electrons. The summed E-state index contributed by atoms with van der Waals surface area (Å²) in [6, 6.07) is 0. The van der Waals surface area contributed by atoms with Crippen molar-refractivity contribution >= 4 is 5.97 Å². The summed E-state index contributed by atoms with van der Waals surface area (Å²) in [7, 11) is 1.32. The summed E-state index contributed by atoms with van der Waals surface area (Å²) in [5.41, 5.74) is -1.85. The first-order valence-corrected chi connectivity index (χ1v) is 7.16. The molecule has 1 saturated heterocycles. The molecule has 2 N–H and O–H groups in total. The number of hydrogen-bond donors (Lipinski definition) is 2. The van der Waals surface area contributed by atoms with Gasteiger partial charge in [0.15, 0.2) is 0 Å². The maximum Gasteiger partial charge on any atom is 0.330 e. The maximum atomic E-state index is 11.2. The van der Waals surface area contributed by atoms with Gasteiger partial charge in [0.25, 0.3) is 0 Å². The first-order valence-electron chi connectivity index (χ1n) is 7.16. The topological polar surface area (TPSA) is 76.0 Å². The van der Waals surface area contributed by atoms with Crippen LogP contribution in [-0.2, 0) is 14.3 Å². The Morgan fingerprint density at radius 1 is 1.38 bits per heavy atom. The molecule has 5 nitrogen and oxygen atoms in total. The molecule has 0 spiro atoms. The van der Waals surface area contributed by atoms with E-state index >= 15 is 0 Å². The lowest BCUT2D eigenvalue weighted by Crippen LogP contribution is -2.60. The van der Waals surface area contributed by atoms with Crippen LogP contribution in [0.2, 0.25) is 0 Å². The van der Waals surface area contributed by atoms with Gasteiger partial charge in [0.1, 0.15) is 11.2 Å². The summed E-state index contributed by atoms with van der Waals surface area (Å²) in [6.07, 6.45) is 5.18. The molecule has 2 bridgehead atoms. The molecule has 1 aliphatic heterocycles. The van der Waals surface area contributed by atoms with Gasteiger partial charge in [-0.3, -0.25) is 0 Å². The van der Waals surface area contributed by atoms with E-state index in [4.69, 9.17) is 4.74 Å². The number of aliphatic hydroxyl groups is 2. The lowest BCUT2D eigenvalue weighted by molar-refractivity contribution is -0.150. The largest absolute Gasteiger partial charge is 0.466 e. The van der Waals surface area contributed by atoms with Crippen LogP contribution < -0.4 is 0 Å². The fraction of sp³-hybridized carbons (Fsp3) is 0.688. The van der Waals surface area contributed by atoms with E-state index < -0.39 is 28.7 Å². The fourth-order valence-electron chi connectivity index (χ4n) is 3.57. The van der Waals surface area contributed by atoms with Crippen LogP contribution >= 0.6 is 0 Å². The third-order valence-corrected chi connectivity index (χ3v) is 4.88. The molecular weight excluding hydrogens is 272 g/mol. The summed E-state index contributed by atoms with van der Waals surface area (Å²) in [4.78, 5) is 11.2. The average Bonchev–Trinajstić information content (AvgIpc) is 2.51. The van der Waals surface area contributed by atoms with Gasteiger partial charge in [-0.15, -0.1) is 0 Å². The van der Waals surface area contributed by atoms with Crippen molar-refractivity contribution in [3.05, 3.63) is 23.8 Å². The zero-order chi connectivity index (χ0) is 15.9. The number of carbonyl (C=O) groups excluding carboxylic acids is 1. The Kier molecular flexibility index (Phi) is 4.04. The van der Waals surface area contributed by atoms with Gasteiger partial charge in [-0.1, -0.05) is 13.0 Å². The van der Waals surface area contributed by atoms with Crippen molar-refractivity contribution in [3.63, 3.8) is 0 Å². The first kappa shape index (κ1) is 16.2. The van der Waals surface area contributed by atoms with Crippen molar-refractivity contribution in [2.75, 3.05) is 13.7 Å². The minimum Gasteiger partial charge on any atom is -0.466 e. The number of fused-ring (bicyclic) bond motifs is 2. The molecule has 21 heavy (non-hydrogen) atoms. The number of rotatable bonds is 3. The number of ether oxygens (including phenoxy) is 2. The van der Waals surface area contributed by atoms with Crippen LogP contribution in [0.4, 0.5) is 0 Å². The minimum absolute atomic E-state index is 0.392. The van der Waals surface area contributed by atoms with Crippen molar-refractivity contribution in [1.82, 2.24) is 0 Å². The summed E-state index contributed by atoms with van der Waals surface area (Å²) >= 11 is 0. The van der Waals surface area contributed by atoms with E-state index in [2.05, 4.69) is 4.74 Å². The molecule has 2 rings (SSSR count). The molecule has 2 fully saturated rings. The Balaban J connectivity index is 2.30. The van der Waals surface area contributed by atoms with Gasteiger partial charge in [-0.05, 0) is 31.9 Å². The second-order valence-electron chi connectivity index (χ2n) is 6.65. The number of hydrogen-bond acceptors (Lipinski definition) is 5. The highest BCUT2D eigenvalue weighted by atomic mass is 16.5. The van der Waals surface area contributed by atoms with Crippen molar-refractivity contribution in [3.8, 4) is 0 Å². The predicted molar refractivity (Wildman–Crippen MR) is 77.6 cm³/mol. The van der Waals surface area contributed by atoms with Crippen LogP contribution in [0.25, 0.3) is 0 Å². The fourth-order valence-corrected chi connectivity index (χ4v) is 3.57. The van der Waals surface area contributed by atoms with Gasteiger partial charge >= 0.3 is 5.97 Å². The Hall–Kier alpha value is -1.17. The summed E-state index contributed by atoms with van der Waals surface area (Å²) < 4.78 is 10.4. The van der Waals surface area contributed by atoms with Gasteiger partial charge in [0, 0.05) is 17.9 Å². The lowest BCUT2D eigenvalue weighted by atomic mass is 9.59. The van der Waals surface area contributed by atoms with E-state index in [0.29, 0.717) is 25.0 Å².